The lowest BCUT2D eigenvalue weighted by Crippen LogP contribution is -2.29. The average Bonchev–Trinajstić information content (AvgIpc) is 2.63. The molecule has 0 fully saturated rings. The van der Waals surface area contributed by atoms with Crippen LogP contribution in [0.1, 0.15) is 25.8 Å². The van der Waals surface area contributed by atoms with E-state index >= 15 is 0 Å². The minimum absolute atomic E-state index is 0.244. The summed E-state index contributed by atoms with van der Waals surface area (Å²) in [6, 6.07) is 32.9. The van der Waals surface area contributed by atoms with Gasteiger partial charge in [0, 0.05) is 0 Å². The number of benzene rings is 3. The number of rotatable bonds is 6. The SMILES string of the molecule is CC(C)(CCc1ccccc1)P(c1ccccc1)c1ccccc1. The summed E-state index contributed by atoms with van der Waals surface area (Å²) in [6.45, 7) is 4.86. The number of hydrogen-bond donors (Lipinski definition) is 0. The maximum Gasteiger partial charge on any atom is -0.00677 e. The summed E-state index contributed by atoms with van der Waals surface area (Å²) in [5, 5.41) is 3.18. The summed E-state index contributed by atoms with van der Waals surface area (Å²) in [6.07, 6.45) is 2.32. The first-order chi connectivity index (χ1) is 11.7. The topological polar surface area (TPSA) is 0 Å². The predicted molar refractivity (Wildman–Crippen MR) is 108 cm³/mol. The van der Waals surface area contributed by atoms with E-state index in [2.05, 4.69) is 105 Å². The highest BCUT2D eigenvalue weighted by Crippen LogP contribution is 2.50. The molecule has 0 aliphatic carbocycles. The minimum Gasteiger partial charge on any atom is -0.0622 e. The van der Waals surface area contributed by atoms with Crippen molar-refractivity contribution in [1.82, 2.24) is 0 Å². The Bertz CT molecular complexity index is 693. The third-order valence-electron chi connectivity index (χ3n) is 4.50. The molecule has 0 spiro atoms. The third-order valence-corrected chi connectivity index (χ3v) is 7.57. The molecule has 0 saturated carbocycles. The molecule has 3 rings (SSSR count). The van der Waals surface area contributed by atoms with Crippen LogP contribution in [0, 0.1) is 0 Å². The second-order valence-corrected chi connectivity index (χ2v) is 9.72. The van der Waals surface area contributed by atoms with Gasteiger partial charge in [0.2, 0.25) is 0 Å². The van der Waals surface area contributed by atoms with Gasteiger partial charge in [0.1, 0.15) is 0 Å². The zero-order valence-electron chi connectivity index (χ0n) is 14.5. The van der Waals surface area contributed by atoms with Crippen molar-refractivity contribution in [3.05, 3.63) is 96.6 Å². The maximum atomic E-state index is 2.43. The molecule has 0 amide bonds. The van der Waals surface area contributed by atoms with Crippen LogP contribution in [0.25, 0.3) is 0 Å². The lowest BCUT2D eigenvalue weighted by Gasteiger charge is -2.36. The van der Waals surface area contributed by atoms with Gasteiger partial charge in [0.05, 0.1) is 0 Å². The van der Waals surface area contributed by atoms with E-state index in [1.165, 1.54) is 22.6 Å². The highest BCUT2D eigenvalue weighted by atomic mass is 31.1. The molecule has 0 aliphatic heterocycles. The molecule has 0 bridgehead atoms. The molecule has 0 N–H and O–H groups in total. The summed E-state index contributed by atoms with van der Waals surface area (Å²) < 4.78 is 0. The second kappa shape index (κ2) is 7.77. The van der Waals surface area contributed by atoms with E-state index in [9.17, 15) is 0 Å². The third kappa shape index (κ3) is 4.13. The summed E-state index contributed by atoms with van der Waals surface area (Å²) in [4.78, 5) is 0. The molecule has 1 heteroatoms. The van der Waals surface area contributed by atoms with Crippen molar-refractivity contribution in [3.8, 4) is 0 Å². The molecule has 0 heterocycles. The molecule has 24 heavy (non-hydrogen) atoms. The Morgan fingerprint density at radius 1 is 0.625 bits per heavy atom. The molecule has 0 saturated heterocycles. The summed E-state index contributed by atoms with van der Waals surface area (Å²) >= 11 is 0. The van der Waals surface area contributed by atoms with Crippen molar-refractivity contribution >= 4 is 18.5 Å². The second-order valence-electron chi connectivity index (χ2n) is 6.80. The first-order valence-corrected chi connectivity index (χ1v) is 9.95. The quantitative estimate of drug-likeness (QED) is 0.521. The lowest BCUT2D eigenvalue weighted by molar-refractivity contribution is 0.632. The van der Waals surface area contributed by atoms with Crippen molar-refractivity contribution < 1.29 is 0 Å². The van der Waals surface area contributed by atoms with Crippen LogP contribution < -0.4 is 10.6 Å². The van der Waals surface area contributed by atoms with E-state index < -0.39 is 7.92 Å². The largest absolute Gasteiger partial charge is 0.0622 e. The van der Waals surface area contributed by atoms with E-state index in [1.807, 2.05) is 0 Å². The maximum absolute atomic E-state index is 2.43. The Balaban J connectivity index is 1.89. The van der Waals surface area contributed by atoms with Crippen LogP contribution in [0.3, 0.4) is 0 Å². The first-order valence-electron chi connectivity index (χ1n) is 8.61. The summed E-state index contributed by atoms with van der Waals surface area (Å²) in [5.74, 6) is 0. The van der Waals surface area contributed by atoms with Gasteiger partial charge >= 0.3 is 0 Å². The monoisotopic (exact) mass is 332 g/mol. The summed E-state index contributed by atoms with van der Waals surface area (Å²) in [7, 11) is -0.390. The van der Waals surface area contributed by atoms with Crippen LogP contribution in [-0.2, 0) is 6.42 Å². The van der Waals surface area contributed by atoms with Gasteiger partial charge in [-0.05, 0) is 42.1 Å². The van der Waals surface area contributed by atoms with Crippen molar-refractivity contribution in [2.75, 3.05) is 0 Å². The van der Waals surface area contributed by atoms with Gasteiger partial charge < -0.3 is 0 Å². The Kier molecular flexibility index (Phi) is 5.48. The Morgan fingerprint density at radius 3 is 1.50 bits per heavy atom. The fraction of sp³-hybridized carbons (Fsp3) is 0.217. The highest BCUT2D eigenvalue weighted by molar-refractivity contribution is 7.74. The zero-order valence-corrected chi connectivity index (χ0v) is 15.4. The van der Waals surface area contributed by atoms with E-state index in [0.29, 0.717) is 0 Å². The first kappa shape index (κ1) is 16.9. The Morgan fingerprint density at radius 2 is 1.04 bits per heavy atom. The molecular formula is C23H25P. The van der Waals surface area contributed by atoms with Crippen molar-refractivity contribution in [3.63, 3.8) is 0 Å². The number of hydrogen-bond acceptors (Lipinski definition) is 0. The number of aryl methyl sites for hydroxylation is 1. The molecule has 3 aromatic carbocycles. The summed E-state index contributed by atoms with van der Waals surface area (Å²) in [5.41, 5.74) is 1.43. The molecule has 0 atom stereocenters. The molecule has 0 unspecified atom stereocenters. The fourth-order valence-corrected chi connectivity index (χ4v) is 6.18. The van der Waals surface area contributed by atoms with Gasteiger partial charge in [0.15, 0.2) is 0 Å². The van der Waals surface area contributed by atoms with Crippen LogP contribution in [0.4, 0.5) is 0 Å². The van der Waals surface area contributed by atoms with Crippen LogP contribution in [0.15, 0.2) is 91.0 Å². The molecule has 0 aromatic heterocycles. The van der Waals surface area contributed by atoms with Gasteiger partial charge in [-0.1, -0.05) is 105 Å². The Hall–Kier alpha value is -1.91. The van der Waals surface area contributed by atoms with Gasteiger partial charge in [-0.25, -0.2) is 0 Å². The van der Waals surface area contributed by atoms with Crippen molar-refractivity contribution in [1.29, 1.82) is 0 Å². The van der Waals surface area contributed by atoms with E-state index in [0.717, 1.165) is 6.42 Å². The van der Waals surface area contributed by atoms with Gasteiger partial charge in [-0.3, -0.25) is 0 Å². The normalized spacial score (nSPS) is 11.6. The van der Waals surface area contributed by atoms with E-state index in [-0.39, 0.29) is 5.16 Å². The van der Waals surface area contributed by atoms with E-state index in [1.54, 1.807) is 0 Å². The van der Waals surface area contributed by atoms with Gasteiger partial charge in [-0.2, -0.15) is 0 Å². The molecule has 3 aromatic rings. The molecule has 0 radical (unpaired) electrons. The Labute approximate surface area is 147 Å². The fourth-order valence-electron chi connectivity index (χ4n) is 3.21. The molecular weight excluding hydrogens is 307 g/mol. The standard InChI is InChI=1S/C23H25P/c1-23(2,19-18-20-12-6-3-7-13-20)24(21-14-8-4-9-15-21)22-16-10-5-11-17-22/h3-17H,18-19H2,1-2H3. The minimum atomic E-state index is -0.390. The molecule has 0 aliphatic rings. The zero-order chi connectivity index (χ0) is 16.8. The van der Waals surface area contributed by atoms with Gasteiger partial charge in [-0.15, -0.1) is 0 Å². The van der Waals surface area contributed by atoms with Crippen LogP contribution >= 0.6 is 7.92 Å². The molecule has 0 nitrogen and oxygen atoms in total. The highest BCUT2D eigenvalue weighted by Gasteiger charge is 2.31. The average molecular weight is 332 g/mol. The molecule has 122 valence electrons. The lowest BCUT2D eigenvalue weighted by atomic mass is 10.0. The van der Waals surface area contributed by atoms with Crippen molar-refractivity contribution in [2.45, 2.75) is 31.8 Å². The smallest absolute Gasteiger partial charge is 0.00677 e. The van der Waals surface area contributed by atoms with Crippen LogP contribution in [0.5, 0.6) is 0 Å². The van der Waals surface area contributed by atoms with E-state index in [4.69, 9.17) is 0 Å². The van der Waals surface area contributed by atoms with Gasteiger partial charge in [0.25, 0.3) is 0 Å². The van der Waals surface area contributed by atoms with Crippen LogP contribution in [-0.4, -0.2) is 5.16 Å². The van der Waals surface area contributed by atoms with Crippen molar-refractivity contribution in [2.24, 2.45) is 0 Å². The van der Waals surface area contributed by atoms with Crippen LogP contribution in [0.2, 0.25) is 0 Å². The predicted octanol–water partition coefficient (Wildman–Crippen LogP) is 5.53.